The van der Waals surface area contributed by atoms with Crippen molar-refractivity contribution in [3.8, 4) is 5.75 Å². The molecule has 1 rings (SSSR count). The summed E-state index contributed by atoms with van der Waals surface area (Å²) >= 11 is 0. The molecule has 0 atom stereocenters. The van der Waals surface area contributed by atoms with Crippen molar-refractivity contribution in [1.82, 2.24) is 0 Å². The van der Waals surface area contributed by atoms with Crippen molar-refractivity contribution in [1.29, 1.82) is 0 Å². The molecule has 27 heavy (non-hydrogen) atoms. The lowest BCUT2D eigenvalue weighted by atomic mass is 9.80. The van der Waals surface area contributed by atoms with Gasteiger partial charge in [-0.15, -0.1) is 0 Å². The smallest absolute Gasteiger partial charge is 0.305 e. The molecule has 0 saturated carbocycles. The van der Waals surface area contributed by atoms with Crippen LogP contribution in [0.3, 0.4) is 0 Å². The van der Waals surface area contributed by atoms with Crippen LogP contribution in [0.15, 0.2) is 24.3 Å². The molecule has 3 heteroatoms. The van der Waals surface area contributed by atoms with E-state index in [1.807, 2.05) is 12.1 Å². The van der Waals surface area contributed by atoms with E-state index in [9.17, 15) is 9.90 Å². The molecule has 1 aromatic rings. The van der Waals surface area contributed by atoms with Gasteiger partial charge in [-0.25, -0.2) is 0 Å². The number of carbonyl (C=O) groups excluding carboxylic acids is 1. The van der Waals surface area contributed by atoms with Crippen LogP contribution in [0.25, 0.3) is 0 Å². The Kier molecular flexibility index (Phi) is 11.9. The summed E-state index contributed by atoms with van der Waals surface area (Å²) in [7, 11) is 0. The maximum atomic E-state index is 11.9. The number of hydrogen-bond acceptors (Lipinski definition) is 3. The summed E-state index contributed by atoms with van der Waals surface area (Å²) < 4.78 is 5.37. The number of unbranched alkanes of at least 4 members (excludes halogenated alkanes) is 8. The SMILES string of the molecule is CCCCCCCCCCCOC(=O)CCCC(C)(C)c1ccc(O)cc1. The second kappa shape index (κ2) is 13.6. The van der Waals surface area contributed by atoms with Gasteiger partial charge in [-0.2, -0.15) is 0 Å². The molecule has 0 unspecified atom stereocenters. The molecule has 0 fully saturated rings. The second-order valence-electron chi connectivity index (χ2n) is 8.33. The van der Waals surface area contributed by atoms with Gasteiger partial charge in [0.15, 0.2) is 0 Å². The highest BCUT2D eigenvalue weighted by Gasteiger charge is 2.20. The van der Waals surface area contributed by atoms with Crippen molar-refractivity contribution in [3.63, 3.8) is 0 Å². The largest absolute Gasteiger partial charge is 0.508 e. The molecule has 0 radical (unpaired) electrons. The normalized spacial score (nSPS) is 11.5. The monoisotopic (exact) mass is 376 g/mol. The predicted octanol–water partition coefficient (Wildman–Crippen LogP) is 6.91. The predicted molar refractivity (Wildman–Crippen MR) is 113 cm³/mol. The van der Waals surface area contributed by atoms with Gasteiger partial charge in [-0.1, -0.05) is 84.3 Å². The number of esters is 1. The van der Waals surface area contributed by atoms with Crippen LogP contribution in [-0.2, 0) is 14.9 Å². The van der Waals surface area contributed by atoms with Crippen molar-refractivity contribution in [3.05, 3.63) is 29.8 Å². The van der Waals surface area contributed by atoms with E-state index >= 15 is 0 Å². The van der Waals surface area contributed by atoms with Gasteiger partial charge in [-0.3, -0.25) is 4.79 Å². The van der Waals surface area contributed by atoms with Crippen molar-refractivity contribution in [2.75, 3.05) is 6.61 Å². The zero-order valence-corrected chi connectivity index (χ0v) is 17.8. The Morgan fingerprint density at radius 3 is 2.04 bits per heavy atom. The number of phenolic OH excluding ortho intramolecular Hbond substituents is 1. The van der Waals surface area contributed by atoms with E-state index in [0.717, 1.165) is 25.7 Å². The van der Waals surface area contributed by atoms with E-state index in [-0.39, 0.29) is 17.1 Å². The van der Waals surface area contributed by atoms with Gasteiger partial charge in [0, 0.05) is 6.42 Å². The molecular formula is C24H40O3. The van der Waals surface area contributed by atoms with E-state index in [0.29, 0.717) is 13.0 Å². The van der Waals surface area contributed by atoms with Crippen LogP contribution in [0.2, 0.25) is 0 Å². The highest BCUT2D eigenvalue weighted by molar-refractivity contribution is 5.69. The van der Waals surface area contributed by atoms with E-state index in [2.05, 4.69) is 20.8 Å². The van der Waals surface area contributed by atoms with Gasteiger partial charge in [0.2, 0.25) is 0 Å². The Balaban J connectivity index is 2.03. The first-order valence-electron chi connectivity index (χ1n) is 10.9. The number of rotatable bonds is 15. The molecule has 3 nitrogen and oxygen atoms in total. The highest BCUT2D eigenvalue weighted by atomic mass is 16.5. The summed E-state index contributed by atoms with van der Waals surface area (Å²) in [5, 5.41) is 9.40. The standard InChI is InChI=1S/C24H40O3/c1-4-5-6-7-8-9-10-11-12-20-27-23(26)14-13-19-24(2,3)21-15-17-22(25)18-16-21/h15-18,25H,4-14,19-20H2,1-3H3. The average Bonchev–Trinajstić information content (AvgIpc) is 2.63. The number of carbonyl (C=O) groups is 1. The molecule has 154 valence electrons. The van der Waals surface area contributed by atoms with Gasteiger partial charge < -0.3 is 9.84 Å². The topological polar surface area (TPSA) is 46.5 Å². The zero-order chi connectivity index (χ0) is 20.0. The van der Waals surface area contributed by atoms with Gasteiger partial charge in [0.25, 0.3) is 0 Å². The summed E-state index contributed by atoms with van der Waals surface area (Å²) in [5.74, 6) is 0.214. The molecule has 0 heterocycles. The third-order valence-corrected chi connectivity index (χ3v) is 5.34. The van der Waals surface area contributed by atoms with Crippen LogP contribution in [0.1, 0.15) is 103 Å². The minimum atomic E-state index is -0.0731. The molecule has 0 aliphatic heterocycles. The van der Waals surface area contributed by atoms with Crippen LogP contribution in [0.5, 0.6) is 5.75 Å². The third kappa shape index (κ3) is 11.0. The second-order valence-corrected chi connectivity index (χ2v) is 8.33. The van der Waals surface area contributed by atoms with Crippen LogP contribution < -0.4 is 0 Å². The molecule has 0 amide bonds. The molecular weight excluding hydrogens is 336 g/mol. The minimum absolute atomic E-state index is 0.00882. The third-order valence-electron chi connectivity index (χ3n) is 5.34. The maximum absolute atomic E-state index is 11.9. The highest BCUT2D eigenvalue weighted by Crippen LogP contribution is 2.30. The van der Waals surface area contributed by atoms with Gasteiger partial charge in [0.1, 0.15) is 5.75 Å². The molecule has 1 aromatic carbocycles. The Morgan fingerprint density at radius 1 is 0.889 bits per heavy atom. The Morgan fingerprint density at radius 2 is 1.44 bits per heavy atom. The van der Waals surface area contributed by atoms with Crippen LogP contribution in [-0.4, -0.2) is 17.7 Å². The van der Waals surface area contributed by atoms with Crippen LogP contribution in [0, 0.1) is 0 Å². The minimum Gasteiger partial charge on any atom is -0.508 e. The summed E-state index contributed by atoms with van der Waals surface area (Å²) in [6, 6.07) is 7.35. The lowest BCUT2D eigenvalue weighted by molar-refractivity contribution is -0.143. The van der Waals surface area contributed by atoms with Crippen molar-refractivity contribution in [2.24, 2.45) is 0 Å². The van der Waals surface area contributed by atoms with E-state index in [1.54, 1.807) is 12.1 Å². The van der Waals surface area contributed by atoms with E-state index < -0.39 is 0 Å². The maximum Gasteiger partial charge on any atom is 0.305 e. The molecule has 0 aliphatic rings. The van der Waals surface area contributed by atoms with Gasteiger partial charge in [-0.05, 0) is 42.4 Å². The Hall–Kier alpha value is -1.51. The molecule has 0 aliphatic carbocycles. The lowest BCUT2D eigenvalue weighted by Crippen LogP contribution is -2.17. The van der Waals surface area contributed by atoms with E-state index in [4.69, 9.17) is 4.74 Å². The number of aromatic hydroxyl groups is 1. The fraction of sp³-hybridized carbons (Fsp3) is 0.708. The number of ether oxygens (including phenoxy) is 1. The van der Waals surface area contributed by atoms with E-state index in [1.165, 1.54) is 50.5 Å². The number of hydrogen-bond donors (Lipinski definition) is 1. The van der Waals surface area contributed by atoms with Gasteiger partial charge in [0.05, 0.1) is 6.61 Å². The molecule has 1 N–H and O–H groups in total. The first-order chi connectivity index (χ1) is 13.0. The van der Waals surface area contributed by atoms with Crippen molar-refractivity contribution < 1.29 is 14.6 Å². The molecule has 0 spiro atoms. The average molecular weight is 377 g/mol. The summed E-state index contributed by atoms with van der Waals surface area (Å²) in [5.41, 5.74) is 1.17. The summed E-state index contributed by atoms with van der Waals surface area (Å²) in [6.07, 6.45) is 13.7. The van der Waals surface area contributed by atoms with Gasteiger partial charge >= 0.3 is 5.97 Å². The summed E-state index contributed by atoms with van der Waals surface area (Å²) in [6.45, 7) is 7.16. The Bertz CT molecular complexity index is 505. The molecule has 0 saturated heterocycles. The zero-order valence-electron chi connectivity index (χ0n) is 17.8. The van der Waals surface area contributed by atoms with Crippen molar-refractivity contribution in [2.45, 2.75) is 103 Å². The Labute approximate surface area is 166 Å². The molecule has 0 aromatic heterocycles. The number of phenols is 1. The number of benzene rings is 1. The first-order valence-corrected chi connectivity index (χ1v) is 10.9. The first kappa shape index (κ1) is 23.5. The quantitative estimate of drug-likeness (QED) is 0.267. The lowest BCUT2D eigenvalue weighted by Gasteiger charge is -2.25. The van der Waals surface area contributed by atoms with Crippen LogP contribution in [0.4, 0.5) is 0 Å². The fourth-order valence-electron chi connectivity index (χ4n) is 3.40. The van der Waals surface area contributed by atoms with Crippen molar-refractivity contribution >= 4 is 5.97 Å². The molecule has 0 bridgehead atoms. The van der Waals surface area contributed by atoms with Crippen LogP contribution >= 0.6 is 0 Å². The fourth-order valence-corrected chi connectivity index (χ4v) is 3.40. The summed E-state index contributed by atoms with van der Waals surface area (Å²) in [4.78, 5) is 11.9.